The molecule has 1 N–H and O–H groups in total. The largest absolute Gasteiger partial charge is 0.493 e. The number of hydrogen-bond donors (Lipinski definition) is 1. The van der Waals surface area contributed by atoms with Crippen LogP contribution in [0.1, 0.15) is 16.1 Å². The van der Waals surface area contributed by atoms with Gasteiger partial charge in [0.1, 0.15) is 18.0 Å². The van der Waals surface area contributed by atoms with Crippen LogP contribution in [-0.2, 0) is 6.61 Å². The predicted octanol–water partition coefficient (Wildman–Crippen LogP) is 4.78. The Morgan fingerprint density at radius 1 is 1.09 bits per heavy atom. The minimum absolute atomic E-state index is 0.0301. The van der Waals surface area contributed by atoms with Gasteiger partial charge in [-0.2, -0.15) is 8.78 Å². The number of rotatable bonds is 8. The Morgan fingerprint density at radius 3 is 2.75 bits per heavy atom. The van der Waals surface area contributed by atoms with Gasteiger partial charge in [0.05, 0.1) is 12.8 Å². The molecular weight excluding hydrogens is 420 g/mol. The zero-order valence-corrected chi connectivity index (χ0v) is 17.0. The molecule has 7 nitrogen and oxygen atoms in total. The number of carbonyl (C=O) groups is 1. The quantitative estimate of drug-likeness (QED) is 0.428. The van der Waals surface area contributed by atoms with Gasteiger partial charge >= 0.3 is 6.61 Å². The van der Waals surface area contributed by atoms with Crippen LogP contribution < -0.4 is 19.5 Å². The summed E-state index contributed by atoms with van der Waals surface area (Å²) in [4.78, 5) is 17.1. The van der Waals surface area contributed by atoms with Gasteiger partial charge in [0, 0.05) is 29.7 Å². The fraction of sp³-hybridized carbons (Fsp3) is 0.130. The highest BCUT2D eigenvalue weighted by Crippen LogP contribution is 2.30. The average molecular weight is 439 g/mol. The van der Waals surface area contributed by atoms with Crippen molar-refractivity contribution in [2.75, 3.05) is 12.4 Å². The molecule has 2 heterocycles. The highest BCUT2D eigenvalue weighted by Gasteiger charge is 2.14. The molecule has 0 unspecified atom stereocenters. The molecule has 2 aromatic carbocycles. The van der Waals surface area contributed by atoms with E-state index in [9.17, 15) is 13.6 Å². The number of methoxy groups -OCH3 is 1. The summed E-state index contributed by atoms with van der Waals surface area (Å²) < 4.78 is 42.1. The minimum atomic E-state index is -2.99. The van der Waals surface area contributed by atoms with Crippen LogP contribution >= 0.6 is 0 Å². The Labute approximate surface area is 182 Å². The van der Waals surface area contributed by atoms with E-state index in [1.807, 2.05) is 35.0 Å². The van der Waals surface area contributed by atoms with Crippen LogP contribution in [0, 0.1) is 0 Å². The van der Waals surface area contributed by atoms with E-state index >= 15 is 0 Å². The number of alkyl halides is 2. The molecule has 0 aliphatic carbocycles. The lowest BCUT2D eigenvalue weighted by Crippen LogP contribution is -2.12. The van der Waals surface area contributed by atoms with Crippen molar-refractivity contribution in [3.8, 4) is 17.2 Å². The molecule has 0 aliphatic rings. The molecule has 4 rings (SSSR count). The molecule has 2 aromatic heterocycles. The van der Waals surface area contributed by atoms with Crippen molar-refractivity contribution >= 4 is 17.2 Å². The highest BCUT2D eigenvalue weighted by molar-refractivity contribution is 6.04. The Kier molecular flexibility index (Phi) is 6.16. The maximum absolute atomic E-state index is 12.6. The number of nitrogens with one attached hydrogen (secondary N) is 1. The summed E-state index contributed by atoms with van der Waals surface area (Å²) in [5.41, 5.74) is 2.32. The molecule has 0 spiro atoms. The number of halogens is 2. The predicted molar refractivity (Wildman–Crippen MR) is 114 cm³/mol. The lowest BCUT2D eigenvalue weighted by atomic mass is 10.2. The van der Waals surface area contributed by atoms with Crippen LogP contribution in [0.2, 0.25) is 0 Å². The van der Waals surface area contributed by atoms with E-state index in [2.05, 4.69) is 15.0 Å². The van der Waals surface area contributed by atoms with Crippen molar-refractivity contribution in [2.45, 2.75) is 13.2 Å². The molecule has 0 fully saturated rings. The highest BCUT2D eigenvalue weighted by atomic mass is 19.3. The number of pyridine rings is 1. The maximum atomic E-state index is 12.6. The second kappa shape index (κ2) is 9.34. The van der Waals surface area contributed by atoms with E-state index in [1.165, 1.54) is 25.3 Å². The lowest BCUT2D eigenvalue weighted by Gasteiger charge is -2.12. The summed E-state index contributed by atoms with van der Waals surface area (Å²) in [6.07, 6.45) is 3.79. The first-order valence-electron chi connectivity index (χ1n) is 9.61. The van der Waals surface area contributed by atoms with Gasteiger partial charge in [-0.15, -0.1) is 0 Å². The van der Waals surface area contributed by atoms with Gasteiger partial charge < -0.3 is 23.9 Å². The van der Waals surface area contributed by atoms with Crippen molar-refractivity contribution in [3.63, 3.8) is 0 Å². The van der Waals surface area contributed by atoms with Crippen molar-refractivity contribution < 1.29 is 27.8 Å². The SMILES string of the molecule is COc1cc(C(=O)Nc2cccc(OCc3cn4ccccc4n3)c2)ccc1OC(F)F. The van der Waals surface area contributed by atoms with Gasteiger partial charge in [-0.1, -0.05) is 12.1 Å². The number of hydrogen-bond acceptors (Lipinski definition) is 5. The number of ether oxygens (including phenoxy) is 3. The molecule has 0 aliphatic heterocycles. The van der Waals surface area contributed by atoms with Gasteiger partial charge in [0.15, 0.2) is 11.5 Å². The van der Waals surface area contributed by atoms with Crippen molar-refractivity contribution in [1.82, 2.24) is 9.38 Å². The van der Waals surface area contributed by atoms with E-state index in [-0.39, 0.29) is 23.7 Å². The smallest absolute Gasteiger partial charge is 0.387 e. The molecule has 32 heavy (non-hydrogen) atoms. The molecule has 164 valence electrons. The third-order valence-electron chi connectivity index (χ3n) is 4.53. The number of nitrogens with zero attached hydrogens (tertiary/aromatic N) is 2. The monoisotopic (exact) mass is 439 g/mol. The second-order valence-electron chi connectivity index (χ2n) is 6.71. The Bertz CT molecular complexity index is 1210. The number of aromatic nitrogens is 2. The molecule has 0 bridgehead atoms. The molecule has 0 saturated carbocycles. The third-order valence-corrected chi connectivity index (χ3v) is 4.53. The van der Waals surface area contributed by atoms with Gasteiger partial charge in [-0.05, 0) is 42.5 Å². The van der Waals surface area contributed by atoms with Gasteiger partial charge in [0.2, 0.25) is 0 Å². The van der Waals surface area contributed by atoms with E-state index in [0.717, 1.165) is 11.3 Å². The second-order valence-corrected chi connectivity index (χ2v) is 6.71. The van der Waals surface area contributed by atoms with Crippen LogP contribution in [0.15, 0.2) is 73.1 Å². The van der Waals surface area contributed by atoms with Gasteiger partial charge in [-0.25, -0.2) is 4.98 Å². The number of benzene rings is 2. The van der Waals surface area contributed by atoms with Crippen LogP contribution in [-0.4, -0.2) is 29.0 Å². The number of anilines is 1. The number of imidazole rings is 1. The lowest BCUT2D eigenvalue weighted by molar-refractivity contribution is -0.0512. The number of carbonyl (C=O) groups excluding carboxylic acids is 1. The van der Waals surface area contributed by atoms with Crippen molar-refractivity contribution in [1.29, 1.82) is 0 Å². The molecule has 0 saturated heterocycles. The van der Waals surface area contributed by atoms with E-state index < -0.39 is 12.5 Å². The standard InChI is InChI=1S/C23H19F2N3O4/c1-30-20-11-15(8-9-19(20)32-23(24)25)22(29)27-16-5-4-6-18(12-16)31-14-17-13-28-10-3-2-7-21(28)26-17/h2-13,23H,14H2,1H3,(H,27,29). The zero-order chi connectivity index (χ0) is 22.5. The maximum Gasteiger partial charge on any atom is 0.387 e. The molecule has 0 radical (unpaired) electrons. The topological polar surface area (TPSA) is 74.1 Å². The first kappa shape index (κ1) is 21.1. The van der Waals surface area contributed by atoms with Crippen molar-refractivity contribution in [2.24, 2.45) is 0 Å². The Hall–Kier alpha value is -4.14. The molecule has 1 amide bonds. The summed E-state index contributed by atoms with van der Waals surface area (Å²) in [5.74, 6) is -0.00797. The number of fused-ring (bicyclic) bond motifs is 1. The summed E-state index contributed by atoms with van der Waals surface area (Å²) in [6.45, 7) is -2.73. The first-order valence-corrected chi connectivity index (χ1v) is 9.61. The zero-order valence-electron chi connectivity index (χ0n) is 17.0. The Morgan fingerprint density at radius 2 is 1.97 bits per heavy atom. The first-order chi connectivity index (χ1) is 15.5. The van der Waals surface area contributed by atoms with Gasteiger partial charge in [0.25, 0.3) is 5.91 Å². The van der Waals surface area contributed by atoms with Crippen molar-refractivity contribution in [3.05, 3.63) is 84.3 Å². The average Bonchev–Trinajstić information content (AvgIpc) is 3.21. The van der Waals surface area contributed by atoms with Crippen LogP contribution in [0.25, 0.3) is 5.65 Å². The molecule has 0 atom stereocenters. The molecule has 4 aromatic rings. The van der Waals surface area contributed by atoms with Gasteiger partial charge in [-0.3, -0.25) is 4.79 Å². The summed E-state index contributed by atoms with van der Waals surface area (Å²) in [5, 5.41) is 2.75. The fourth-order valence-corrected chi connectivity index (χ4v) is 3.08. The normalized spacial score (nSPS) is 10.9. The molecule has 9 heteroatoms. The van der Waals surface area contributed by atoms with E-state index in [4.69, 9.17) is 9.47 Å². The minimum Gasteiger partial charge on any atom is -0.493 e. The van der Waals surface area contributed by atoms with E-state index in [1.54, 1.807) is 24.3 Å². The molecular formula is C23H19F2N3O4. The van der Waals surface area contributed by atoms with Crippen LogP contribution in [0.4, 0.5) is 14.5 Å². The summed E-state index contributed by atoms with van der Waals surface area (Å²) >= 11 is 0. The summed E-state index contributed by atoms with van der Waals surface area (Å²) in [6, 6.07) is 16.6. The third kappa shape index (κ3) is 4.94. The van der Waals surface area contributed by atoms with Crippen LogP contribution in [0.3, 0.4) is 0 Å². The summed E-state index contributed by atoms with van der Waals surface area (Å²) in [7, 11) is 1.30. The van der Waals surface area contributed by atoms with Crippen LogP contribution in [0.5, 0.6) is 17.2 Å². The van der Waals surface area contributed by atoms with E-state index in [0.29, 0.717) is 11.4 Å². The number of amides is 1. The Balaban J connectivity index is 1.42. The fourth-order valence-electron chi connectivity index (χ4n) is 3.08.